The van der Waals surface area contributed by atoms with Gasteiger partial charge in [-0.3, -0.25) is 0 Å². The molecule has 1 fully saturated rings. The fourth-order valence-electron chi connectivity index (χ4n) is 2.42. The molecular weight excluding hydrogens is 210 g/mol. The maximum atomic E-state index is 5.27. The Balaban J connectivity index is 2.08. The van der Waals surface area contributed by atoms with Crippen LogP contribution < -0.4 is 0 Å². The smallest absolute Gasteiger partial charge is 0.0666 e. The molecule has 92 valence electrons. The topological polar surface area (TPSA) is 12.5 Å². The molecule has 0 saturated carbocycles. The van der Waals surface area contributed by atoms with Gasteiger partial charge in [-0.15, -0.1) is 0 Å². The first-order valence-electron chi connectivity index (χ1n) is 6.30. The molecule has 1 saturated heterocycles. The number of ether oxygens (including phenoxy) is 1. The zero-order valence-electron chi connectivity index (χ0n) is 10.7. The molecule has 0 radical (unpaired) electrons. The Hall–Kier alpha value is -1.28. The maximum Gasteiger partial charge on any atom is 0.0666 e. The third kappa shape index (κ3) is 3.10. The fourth-order valence-corrected chi connectivity index (χ4v) is 2.42. The van der Waals surface area contributed by atoms with E-state index >= 15 is 0 Å². The lowest BCUT2D eigenvalue weighted by Gasteiger charge is -2.23. The van der Waals surface area contributed by atoms with Crippen molar-refractivity contribution in [2.24, 2.45) is 0 Å². The summed E-state index contributed by atoms with van der Waals surface area (Å²) in [5.41, 5.74) is 2.63. The minimum absolute atomic E-state index is 0.554. The maximum absolute atomic E-state index is 5.27. The van der Waals surface area contributed by atoms with Gasteiger partial charge in [0, 0.05) is 19.9 Å². The van der Waals surface area contributed by atoms with E-state index < -0.39 is 0 Å². The summed E-state index contributed by atoms with van der Waals surface area (Å²) < 4.78 is 5.27. The SMILES string of the molecule is COC[C@H]1CCCN1C=C(C)c1ccccc1. The van der Waals surface area contributed by atoms with Crippen molar-refractivity contribution in [3.63, 3.8) is 0 Å². The van der Waals surface area contributed by atoms with Crippen LogP contribution in [-0.4, -0.2) is 31.2 Å². The first kappa shape index (κ1) is 12.2. The van der Waals surface area contributed by atoms with Crippen LogP contribution in [0.5, 0.6) is 0 Å². The minimum Gasteiger partial charge on any atom is -0.383 e. The minimum atomic E-state index is 0.554. The van der Waals surface area contributed by atoms with Crippen molar-refractivity contribution in [1.82, 2.24) is 4.90 Å². The van der Waals surface area contributed by atoms with Crippen molar-refractivity contribution < 1.29 is 4.74 Å². The van der Waals surface area contributed by atoms with Gasteiger partial charge in [-0.2, -0.15) is 0 Å². The van der Waals surface area contributed by atoms with Crippen molar-refractivity contribution in [2.45, 2.75) is 25.8 Å². The lowest BCUT2D eigenvalue weighted by molar-refractivity contribution is 0.138. The van der Waals surface area contributed by atoms with Crippen LogP contribution in [0.1, 0.15) is 25.3 Å². The van der Waals surface area contributed by atoms with Crippen LogP contribution in [0, 0.1) is 0 Å². The first-order chi connectivity index (χ1) is 8.31. The number of likely N-dealkylation sites (tertiary alicyclic amines) is 1. The van der Waals surface area contributed by atoms with Gasteiger partial charge in [-0.1, -0.05) is 30.3 Å². The summed E-state index contributed by atoms with van der Waals surface area (Å²) in [6.45, 7) is 4.16. The highest BCUT2D eigenvalue weighted by molar-refractivity contribution is 5.63. The van der Waals surface area contributed by atoms with Crippen LogP contribution in [0.15, 0.2) is 36.5 Å². The molecule has 1 aliphatic rings. The Morgan fingerprint density at radius 1 is 1.41 bits per heavy atom. The fraction of sp³-hybridized carbons (Fsp3) is 0.467. The molecule has 17 heavy (non-hydrogen) atoms. The summed E-state index contributed by atoms with van der Waals surface area (Å²) in [6.07, 6.45) is 4.80. The van der Waals surface area contributed by atoms with Crippen molar-refractivity contribution in [3.05, 3.63) is 42.1 Å². The Morgan fingerprint density at radius 2 is 2.18 bits per heavy atom. The second-order valence-electron chi connectivity index (χ2n) is 4.67. The monoisotopic (exact) mass is 231 g/mol. The number of benzene rings is 1. The van der Waals surface area contributed by atoms with Crippen molar-refractivity contribution in [1.29, 1.82) is 0 Å². The van der Waals surface area contributed by atoms with E-state index in [1.165, 1.54) is 24.0 Å². The Kier molecular flexibility index (Phi) is 4.21. The van der Waals surface area contributed by atoms with Gasteiger partial charge in [0.15, 0.2) is 0 Å². The number of hydrogen-bond acceptors (Lipinski definition) is 2. The molecule has 1 aromatic rings. The van der Waals surface area contributed by atoms with E-state index in [0.717, 1.165) is 13.2 Å². The van der Waals surface area contributed by atoms with Gasteiger partial charge >= 0.3 is 0 Å². The van der Waals surface area contributed by atoms with E-state index in [1.807, 2.05) is 0 Å². The third-order valence-electron chi connectivity index (χ3n) is 3.37. The zero-order valence-corrected chi connectivity index (χ0v) is 10.7. The highest BCUT2D eigenvalue weighted by Crippen LogP contribution is 2.21. The van der Waals surface area contributed by atoms with Crippen LogP contribution in [-0.2, 0) is 4.74 Å². The van der Waals surface area contributed by atoms with E-state index in [2.05, 4.69) is 48.4 Å². The average Bonchev–Trinajstić information content (AvgIpc) is 2.78. The Labute approximate surface area is 104 Å². The normalized spacial score (nSPS) is 20.9. The summed E-state index contributed by atoms with van der Waals surface area (Å²) in [5, 5.41) is 0. The Bertz CT molecular complexity index is 372. The van der Waals surface area contributed by atoms with Crippen LogP contribution in [0.2, 0.25) is 0 Å². The van der Waals surface area contributed by atoms with Gasteiger partial charge in [-0.05, 0) is 30.9 Å². The van der Waals surface area contributed by atoms with Crippen LogP contribution in [0.25, 0.3) is 5.57 Å². The van der Waals surface area contributed by atoms with E-state index in [4.69, 9.17) is 4.74 Å². The van der Waals surface area contributed by atoms with Gasteiger partial charge < -0.3 is 9.64 Å². The molecule has 0 unspecified atom stereocenters. The summed E-state index contributed by atoms with van der Waals surface area (Å²) in [4.78, 5) is 2.42. The number of nitrogens with zero attached hydrogens (tertiary/aromatic N) is 1. The zero-order chi connectivity index (χ0) is 12.1. The van der Waals surface area contributed by atoms with Crippen LogP contribution in [0.3, 0.4) is 0 Å². The number of rotatable bonds is 4. The number of allylic oxidation sites excluding steroid dienone is 1. The predicted molar refractivity (Wildman–Crippen MR) is 71.7 cm³/mol. The summed E-state index contributed by atoms with van der Waals surface area (Å²) in [6, 6.07) is 11.1. The third-order valence-corrected chi connectivity index (χ3v) is 3.37. The molecule has 0 amide bonds. The number of methoxy groups -OCH3 is 1. The lowest BCUT2D eigenvalue weighted by Crippen LogP contribution is -2.28. The van der Waals surface area contributed by atoms with Crippen molar-refractivity contribution in [2.75, 3.05) is 20.3 Å². The summed E-state index contributed by atoms with van der Waals surface area (Å²) >= 11 is 0. The van der Waals surface area contributed by atoms with E-state index in [1.54, 1.807) is 7.11 Å². The molecule has 1 heterocycles. The van der Waals surface area contributed by atoms with Gasteiger partial charge in [-0.25, -0.2) is 0 Å². The molecule has 2 rings (SSSR count). The van der Waals surface area contributed by atoms with Gasteiger partial charge in [0.05, 0.1) is 12.6 Å². The second kappa shape index (κ2) is 5.87. The molecule has 0 aliphatic carbocycles. The largest absolute Gasteiger partial charge is 0.383 e. The Morgan fingerprint density at radius 3 is 2.88 bits per heavy atom. The molecule has 2 nitrogen and oxygen atoms in total. The van der Waals surface area contributed by atoms with Crippen LogP contribution in [0.4, 0.5) is 0 Å². The molecule has 1 aromatic carbocycles. The molecule has 1 atom stereocenters. The predicted octanol–water partition coefficient (Wildman–Crippen LogP) is 3.16. The molecule has 0 bridgehead atoms. The molecule has 2 heteroatoms. The molecule has 0 N–H and O–H groups in total. The lowest BCUT2D eigenvalue weighted by atomic mass is 10.1. The average molecular weight is 231 g/mol. The van der Waals surface area contributed by atoms with Crippen LogP contribution >= 0.6 is 0 Å². The summed E-state index contributed by atoms with van der Waals surface area (Å²) in [5.74, 6) is 0. The quantitative estimate of drug-likeness (QED) is 0.789. The molecular formula is C15H21NO. The van der Waals surface area contributed by atoms with E-state index in [9.17, 15) is 0 Å². The highest BCUT2D eigenvalue weighted by atomic mass is 16.5. The molecule has 1 aliphatic heterocycles. The van der Waals surface area contributed by atoms with E-state index in [-0.39, 0.29) is 0 Å². The van der Waals surface area contributed by atoms with Crippen molar-refractivity contribution >= 4 is 5.57 Å². The summed E-state index contributed by atoms with van der Waals surface area (Å²) in [7, 11) is 1.78. The van der Waals surface area contributed by atoms with Gasteiger partial charge in [0.2, 0.25) is 0 Å². The standard InChI is InChI=1S/C15H21NO/c1-13(14-7-4-3-5-8-14)11-16-10-6-9-15(16)12-17-2/h3-5,7-8,11,15H,6,9-10,12H2,1-2H3/t15-/m1/s1. The molecule has 0 aromatic heterocycles. The van der Waals surface area contributed by atoms with Gasteiger partial charge in [0.1, 0.15) is 0 Å². The van der Waals surface area contributed by atoms with Gasteiger partial charge in [0.25, 0.3) is 0 Å². The van der Waals surface area contributed by atoms with Crippen molar-refractivity contribution in [3.8, 4) is 0 Å². The highest BCUT2D eigenvalue weighted by Gasteiger charge is 2.21. The second-order valence-corrected chi connectivity index (χ2v) is 4.67. The van der Waals surface area contributed by atoms with E-state index in [0.29, 0.717) is 6.04 Å². The molecule has 0 spiro atoms. The first-order valence-corrected chi connectivity index (χ1v) is 6.30. The number of hydrogen-bond donors (Lipinski definition) is 0.